The summed E-state index contributed by atoms with van der Waals surface area (Å²) in [5.74, 6) is 1.27. The van der Waals surface area contributed by atoms with Gasteiger partial charge in [0.1, 0.15) is 5.82 Å². The van der Waals surface area contributed by atoms with E-state index in [4.69, 9.17) is 4.98 Å². The van der Waals surface area contributed by atoms with Crippen LogP contribution < -0.4 is 5.32 Å². The molecule has 1 spiro atoms. The summed E-state index contributed by atoms with van der Waals surface area (Å²) in [5, 5.41) is 3.40. The molecule has 3 heterocycles. The van der Waals surface area contributed by atoms with Crippen molar-refractivity contribution in [1.82, 2.24) is 14.9 Å². The Labute approximate surface area is 108 Å². The quantitative estimate of drug-likeness (QED) is 0.807. The van der Waals surface area contributed by atoms with Gasteiger partial charge in [0.25, 0.3) is 0 Å². The van der Waals surface area contributed by atoms with Gasteiger partial charge in [0.05, 0.1) is 11.0 Å². The Balaban J connectivity index is 1.86. The molecule has 2 aromatic rings. The van der Waals surface area contributed by atoms with Gasteiger partial charge in [-0.15, -0.1) is 0 Å². The Kier molecular flexibility index (Phi) is 1.97. The first kappa shape index (κ1) is 10.1. The van der Waals surface area contributed by atoms with Crippen LogP contribution in [0.4, 0.5) is 0 Å². The molecule has 1 aromatic heterocycles. The molecule has 2 aliphatic heterocycles. The van der Waals surface area contributed by atoms with Crippen LogP contribution in [0.2, 0.25) is 0 Å². The molecule has 4 rings (SSSR count). The van der Waals surface area contributed by atoms with Crippen LogP contribution in [0, 0.1) is 5.41 Å². The van der Waals surface area contributed by atoms with Crippen molar-refractivity contribution < 1.29 is 0 Å². The zero-order valence-corrected chi connectivity index (χ0v) is 11.1. The van der Waals surface area contributed by atoms with Crippen molar-refractivity contribution in [3.63, 3.8) is 0 Å². The minimum absolute atomic E-state index is 0.509. The van der Waals surface area contributed by atoms with Crippen molar-refractivity contribution in [2.45, 2.75) is 19.4 Å². The Morgan fingerprint density at radius 2 is 2.24 bits per heavy atom. The monoisotopic (exact) mass is 291 g/mol. The van der Waals surface area contributed by atoms with Crippen LogP contribution in [-0.4, -0.2) is 22.6 Å². The summed E-state index contributed by atoms with van der Waals surface area (Å²) in [6, 6.07) is 6.39. The number of rotatable bonds is 0. The van der Waals surface area contributed by atoms with Crippen molar-refractivity contribution >= 4 is 27.0 Å². The SMILES string of the molecule is Brc1ccc2c(c1)nc1n2CCC2(CNC2)C1. The highest BCUT2D eigenvalue weighted by atomic mass is 79.9. The fourth-order valence-corrected chi connectivity index (χ4v) is 3.44. The highest BCUT2D eigenvalue weighted by molar-refractivity contribution is 9.10. The summed E-state index contributed by atoms with van der Waals surface area (Å²) in [4.78, 5) is 4.80. The fourth-order valence-electron chi connectivity index (χ4n) is 3.09. The second kappa shape index (κ2) is 3.33. The number of halogens is 1. The molecular weight excluding hydrogens is 278 g/mol. The normalized spacial score (nSPS) is 21.5. The Hall–Kier alpha value is -0.870. The molecule has 1 N–H and O–H groups in total. The lowest BCUT2D eigenvalue weighted by Gasteiger charge is -2.45. The predicted molar refractivity (Wildman–Crippen MR) is 71.1 cm³/mol. The summed E-state index contributed by atoms with van der Waals surface area (Å²) in [7, 11) is 0. The minimum atomic E-state index is 0.509. The van der Waals surface area contributed by atoms with E-state index in [0.717, 1.165) is 23.0 Å². The number of aromatic nitrogens is 2. The Morgan fingerprint density at radius 3 is 3.00 bits per heavy atom. The van der Waals surface area contributed by atoms with Crippen molar-refractivity contribution in [1.29, 1.82) is 0 Å². The van der Waals surface area contributed by atoms with E-state index < -0.39 is 0 Å². The average molecular weight is 292 g/mol. The first-order valence-corrected chi connectivity index (χ1v) is 6.91. The molecule has 0 amide bonds. The van der Waals surface area contributed by atoms with Gasteiger partial charge in [-0.05, 0) is 24.6 Å². The highest BCUT2D eigenvalue weighted by Crippen LogP contribution is 2.37. The van der Waals surface area contributed by atoms with Crippen molar-refractivity contribution in [3.05, 3.63) is 28.5 Å². The minimum Gasteiger partial charge on any atom is -0.328 e. The van der Waals surface area contributed by atoms with Gasteiger partial charge >= 0.3 is 0 Å². The molecule has 1 aromatic carbocycles. The molecule has 3 nitrogen and oxygen atoms in total. The van der Waals surface area contributed by atoms with Gasteiger partial charge in [-0.25, -0.2) is 4.98 Å². The van der Waals surface area contributed by atoms with Gasteiger partial charge in [0.2, 0.25) is 0 Å². The van der Waals surface area contributed by atoms with Gasteiger partial charge in [-0.1, -0.05) is 15.9 Å². The van der Waals surface area contributed by atoms with E-state index in [1.807, 2.05) is 0 Å². The van der Waals surface area contributed by atoms with Crippen LogP contribution in [0.25, 0.3) is 11.0 Å². The molecule has 0 saturated carbocycles. The van der Waals surface area contributed by atoms with Crippen LogP contribution in [0.15, 0.2) is 22.7 Å². The second-order valence-electron chi connectivity index (χ2n) is 5.34. The van der Waals surface area contributed by atoms with Gasteiger partial charge < -0.3 is 9.88 Å². The van der Waals surface area contributed by atoms with Crippen molar-refractivity contribution in [2.75, 3.05) is 13.1 Å². The van der Waals surface area contributed by atoms with Gasteiger partial charge in [0, 0.05) is 35.9 Å². The molecule has 17 heavy (non-hydrogen) atoms. The van der Waals surface area contributed by atoms with Crippen molar-refractivity contribution in [3.8, 4) is 0 Å². The predicted octanol–water partition coefficient (Wildman–Crippen LogP) is 2.33. The second-order valence-corrected chi connectivity index (χ2v) is 6.26. The lowest BCUT2D eigenvalue weighted by atomic mass is 9.74. The molecule has 0 aliphatic carbocycles. The molecule has 2 aliphatic rings. The van der Waals surface area contributed by atoms with Gasteiger partial charge in [-0.2, -0.15) is 0 Å². The molecule has 88 valence electrons. The van der Waals surface area contributed by atoms with E-state index in [0.29, 0.717) is 5.41 Å². The molecular formula is C13H14BrN3. The zero-order valence-electron chi connectivity index (χ0n) is 9.54. The van der Waals surface area contributed by atoms with E-state index in [1.165, 1.54) is 30.9 Å². The standard InChI is InChI=1S/C13H14BrN3/c14-9-1-2-11-10(5-9)16-12-6-13(7-15-8-13)3-4-17(11)12/h1-2,5,15H,3-4,6-8H2. The highest BCUT2D eigenvalue weighted by Gasteiger charge is 2.40. The first-order chi connectivity index (χ1) is 8.26. The zero-order chi connectivity index (χ0) is 11.5. The smallest absolute Gasteiger partial charge is 0.110 e. The fraction of sp³-hybridized carbons (Fsp3) is 0.462. The largest absolute Gasteiger partial charge is 0.328 e. The van der Waals surface area contributed by atoms with Crippen LogP contribution in [0.3, 0.4) is 0 Å². The first-order valence-electron chi connectivity index (χ1n) is 6.11. The molecule has 4 heteroatoms. The maximum atomic E-state index is 4.80. The molecule has 0 unspecified atom stereocenters. The van der Waals surface area contributed by atoms with E-state index >= 15 is 0 Å². The van der Waals surface area contributed by atoms with E-state index in [-0.39, 0.29) is 0 Å². The number of nitrogens with one attached hydrogen (secondary N) is 1. The van der Waals surface area contributed by atoms with E-state index in [1.54, 1.807) is 0 Å². The third-order valence-electron chi connectivity index (χ3n) is 4.19. The van der Waals surface area contributed by atoms with Crippen LogP contribution in [0.1, 0.15) is 12.2 Å². The number of hydrogen-bond donors (Lipinski definition) is 1. The Morgan fingerprint density at radius 1 is 1.35 bits per heavy atom. The molecule has 0 atom stereocenters. The van der Waals surface area contributed by atoms with Crippen LogP contribution >= 0.6 is 15.9 Å². The number of imidazole rings is 1. The summed E-state index contributed by atoms with van der Waals surface area (Å²) < 4.78 is 3.51. The third kappa shape index (κ3) is 1.40. The van der Waals surface area contributed by atoms with Gasteiger partial charge in [-0.3, -0.25) is 0 Å². The maximum absolute atomic E-state index is 4.80. The third-order valence-corrected chi connectivity index (χ3v) is 4.68. The molecule has 1 saturated heterocycles. The number of hydrogen-bond acceptors (Lipinski definition) is 2. The summed E-state index contributed by atoms with van der Waals surface area (Å²) >= 11 is 3.51. The molecule has 1 fully saturated rings. The number of nitrogens with zero attached hydrogens (tertiary/aromatic N) is 2. The maximum Gasteiger partial charge on any atom is 0.110 e. The van der Waals surface area contributed by atoms with E-state index in [2.05, 4.69) is 44.0 Å². The lowest BCUT2D eigenvalue weighted by molar-refractivity contribution is 0.123. The summed E-state index contributed by atoms with van der Waals surface area (Å²) in [5.41, 5.74) is 2.92. The average Bonchev–Trinajstić information content (AvgIpc) is 2.62. The number of fused-ring (bicyclic) bond motifs is 3. The molecule has 0 bridgehead atoms. The number of benzene rings is 1. The van der Waals surface area contributed by atoms with Crippen LogP contribution in [-0.2, 0) is 13.0 Å². The Bertz CT molecular complexity index is 598. The van der Waals surface area contributed by atoms with Gasteiger partial charge in [0.15, 0.2) is 0 Å². The number of aryl methyl sites for hydroxylation is 1. The summed E-state index contributed by atoms with van der Waals surface area (Å²) in [6.07, 6.45) is 2.42. The van der Waals surface area contributed by atoms with Crippen LogP contribution in [0.5, 0.6) is 0 Å². The van der Waals surface area contributed by atoms with Crippen molar-refractivity contribution in [2.24, 2.45) is 5.41 Å². The van der Waals surface area contributed by atoms with E-state index in [9.17, 15) is 0 Å². The summed E-state index contributed by atoms with van der Waals surface area (Å²) in [6.45, 7) is 3.45. The molecule has 0 radical (unpaired) electrons. The lowest BCUT2D eigenvalue weighted by Crippen LogP contribution is -2.56. The topological polar surface area (TPSA) is 29.9 Å².